The fourth-order valence-corrected chi connectivity index (χ4v) is 3.26. The third-order valence-electron chi connectivity index (χ3n) is 3.18. The van der Waals surface area contributed by atoms with Crippen LogP contribution in [0.15, 0.2) is 58.4 Å². The van der Waals surface area contributed by atoms with Gasteiger partial charge in [-0.1, -0.05) is 34.1 Å². The Labute approximate surface area is 161 Å². The summed E-state index contributed by atoms with van der Waals surface area (Å²) in [6.45, 7) is 0. The van der Waals surface area contributed by atoms with E-state index in [1.807, 2.05) is 29.6 Å². The van der Waals surface area contributed by atoms with Gasteiger partial charge in [0, 0.05) is 21.0 Å². The molecular formula is C17H11BrFN3OS2. The molecule has 8 heteroatoms. The number of rotatable bonds is 3. The molecule has 0 bridgehead atoms. The van der Waals surface area contributed by atoms with Gasteiger partial charge in [0.05, 0.1) is 5.69 Å². The Balaban J connectivity index is 1.63. The molecule has 3 aromatic rings. The highest BCUT2D eigenvalue weighted by molar-refractivity contribution is 9.10. The van der Waals surface area contributed by atoms with E-state index < -0.39 is 11.7 Å². The van der Waals surface area contributed by atoms with Crippen molar-refractivity contribution < 1.29 is 9.18 Å². The number of hydrogen-bond acceptors (Lipinski definition) is 4. The Morgan fingerprint density at radius 3 is 2.68 bits per heavy atom. The van der Waals surface area contributed by atoms with Gasteiger partial charge in [0.1, 0.15) is 5.82 Å². The van der Waals surface area contributed by atoms with Gasteiger partial charge in [-0.05, 0) is 42.5 Å². The Morgan fingerprint density at radius 1 is 1.20 bits per heavy atom. The monoisotopic (exact) mass is 435 g/mol. The van der Waals surface area contributed by atoms with Gasteiger partial charge in [-0.2, -0.15) is 0 Å². The molecule has 0 atom stereocenters. The van der Waals surface area contributed by atoms with Crippen molar-refractivity contribution in [1.82, 2.24) is 10.3 Å². The van der Waals surface area contributed by atoms with Crippen LogP contribution < -0.4 is 10.6 Å². The predicted molar refractivity (Wildman–Crippen MR) is 105 cm³/mol. The quantitative estimate of drug-likeness (QED) is 0.577. The molecule has 0 unspecified atom stereocenters. The lowest BCUT2D eigenvalue weighted by molar-refractivity contribution is 0.0977. The van der Waals surface area contributed by atoms with Gasteiger partial charge in [0.25, 0.3) is 5.91 Å². The Morgan fingerprint density at radius 2 is 1.96 bits per heavy atom. The van der Waals surface area contributed by atoms with E-state index in [-0.39, 0.29) is 10.7 Å². The lowest BCUT2D eigenvalue weighted by Crippen LogP contribution is -2.34. The van der Waals surface area contributed by atoms with Gasteiger partial charge in [0.15, 0.2) is 10.2 Å². The minimum absolute atomic E-state index is 0.103. The second-order valence-corrected chi connectivity index (χ2v) is 7.15. The highest BCUT2D eigenvalue weighted by atomic mass is 79.9. The minimum atomic E-state index is -0.485. The van der Waals surface area contributed by atoms with Crippen molar-refractivity contribution in [2.75, 3.05) is 5.32 Å². The van der Waals surface area contributed by atoms with Crippen LogP contribution in [0.3, 0.4) is 0 Å². The van der Waals surface area contributed by atoms with Crippen molar-refractivity contribution >= 4 is 55.6 Å². The Kier molecular flexibility index (Phi) is 5.52. The molecule has 25 heavy (non-hydrogen) atoms. The first-order valence-corrected chi connectivity index (χ1v) is 9.19. The second-order valence-electron chi connectivity index (χ2n) is 4.96. The molecule has 0 saturated heterocycles. The smallest absolute Gasteiger partial charge is 0.257 e. The van der Waals surface area contributed by atoms with Crippen molar-refractivity contribution in [2.45, 2.75) is 0 Å². The molecule has 0 spiro atoms. The van der Waals surface area contributed by atoms with Gasteiger partial charge < -0.3 is 5.32 Å². The van der Waals surface area contributed by atoms with Crippen molar-refractivity contribution in [1.29, 1.82) is 0 Å². The van der Waals surface area contributed by atoms with E-state index in [0.29, 0.717) is 5.13 Å². The van der Waals surface area contributed by atoms with Crippen molar-refractivity contribution in [3.05, 3.63) is 69.8 Å². The summed E-state index contributed by atoms with van der Waals surface area (Å²) in [4.78, 5) is 16.5. The Hall–Kier alpha value is -2.16. The number of carbonyl (C=O) groups excluding carboxylic acids is 1. The first-order valence-electron chi connectivity index (χ1n) is 7.10. The molecule has 0 aliphatic heterocycles. The minimum Gasteiger partial charge on any atom is -0.308 e. The summed E-state index contributed by atoms with van der Waals surface area (Å²) in [7, 11) is 0. The van der Waals surface area contributed by atoms with Crippen LogP contribution in [0.25, 0.3) is 11.3 Å². The van der Waals surface area contributed by atoms with Crippen molar-refractivity contribution in [3.63, 3.8) is 0 Å². The summed E-state index contributed by atoms with van der Waals surface area (Å²) in [5.41, 5.74) is 1.97. The zero-order chi connectivity index (χ0) is 17.8. The van der Waals surface area contributed by atoms with Gasteiger partial charge >= 0.3 is 0 Å². The van der Waals surface area contributed by atoms with Crippen molar-refractivity contribution in [2.24, 2.45) is 0 Å². The van der Waals surface area contributed by atoms with Crippen LogP contribution in [0.2, 0.25) is 0 Å². The normalized spacial score (nSPS) is 10.3. The molecular weight excluding hydrogens is 425 g/mol. The zero-order valence-corrected chi connectivity index (χ0v) is 15.8. The first-order chi connectivity index (χ1) is 12.0. The summed E-state index contributed by atoms with van der Waals surface area (Å²) >= 11 is 9.87. The topological polar surface area (TPSA) is 54.0 Å². The average Bonchev–Trinajstić information content (AvgIpc) is 3.03. The highest BCUT2D eigenvalue weighted by Gasteiger charge is 2.10. The third kappa shape index (κ3) is 4.68. The molecule has 0 fully saturated rings. The van der Waals surface area contributed by atoms with Crippen LogP contribution in [-0.2, 0) is 0 Å². The van der Waals surface area contributed by atoms with Crippen LogP contribution in [0.5, 0.6) is 0 Å². The van der Waals surface area contributed by atoms with E-state index in [4.69, 9.17) is 12.2 Å². The molecule has 1 aromatic heterocycles. The lowest BCUT2D eigenvalue weighted by Gasteiger charge is -2.07. The van der Waals surface area contributed by atoms with Crippen LogP contribution in [-0.4, -0.2) is 16.0 Å². The van der Waals surface area contributed by atoms with E-state index in [0.717, 1.165) is 21.8 Å². The Bertz CT molecular complexity index is 928. The molecule has 1 heterocycles. The molecule has 2 N–H and O–H groups in total. The molecule has 0 radical (unpaired) electrons. The van der Waals surface area contributed by atoms with Gasteiger partial charge in [-0.3, -0.25) is 10.1 Å². The zero-order valence-electron chi connectivity index (χ0n) is 12.6. The molecule has 4 nitrogen and oxygen atoms in total. The third-order valence-corrected chi connectivity index (χ3v) is 4.67. The second kappa shape index (κ2) is 7.81. The van der Waals surface area contributed by atoms with E-state index >= 15 is 0 Å². The van der Waals surface area contributed by atoms with E-state index in [1.165, 1.54) is 29.5 Å². The van der Waals surface area contributed by atoms with Gasteiger partial charge in [-0.25, -0.2) is 9.37 Å². The van der Waals surface area contributed by atoms with Gasteiger partial charge in [0.2, 0.25) is 0 Å². The predicted octanol–water partition coefficient (Wildman–Crippen LogP) is 4.84. The molecule has 0 aliphatic rings. The number of aromatic nitrogens is 1. The molecule has 2 aromatic carbocycles. The molecule has 0 aliphatic carbocycles. The number of nitrogens with zero attached hydrogens (tertiary/aromatic N) is 1. The van der Waals surface area contributed by atoms with Crippen LogP contribution in [0.1, 0.15) is 10.4 Å². The van der Waals surface area contributed by atoms with Crippen LogP contribution >= 0.6 is 39.5 Å². The standard InChI is InChI=1S/C17H11BrFN3OS2/c18-12-6-4-10(5-7-12)14-9-25-17(20-14)22-16(24)21-15(23)11-2-1-3-13(19)8-11/h1-9H,(H2,20,21,22,23,24). The number of anilines is 1. The maximum Gasteiger partial charge on any atom is 0.257 e. The SMILES string of the molecule is O=C(NC(=S)Nc1nc(-c2ccc(Br)cc2)cs1)c1cccc(F)c1. The fourth-order valence-electron chi connectivity index (χ4n) is 2.02. The maximum atomic E-state index is 13.2. The summed E-state index contributed by atoms with van der Waals surface area (Å²) in [6.07, 6.45) is 0. The molecule has 0 saturated carbocycles. The lowest BCUT2D eigenvalue weighted by atomic mass is 10.2. The number of carbonyl (C=O) groups is 1. The highest BCUT2D eigenvalue weighted by Crippen LogP contribution is 2.26. The van der Waals surface area contributed by atoms with Gasteiger partial charge in [-0.15, -0.1) is 11.3 Å². The van der Waals surface area contributed by atoms with Crippen molar-refractivity contribution in [3.8, 4) is 11.3 Å². The largest absolute Gasteiger partial charge is 0.308 e. The van der Waals surface area contributed by atoms with Crippen LogP contribution in [0.4, 0.5) is 9.52 Å². The number of amides is 1. The summed E-state index contributed by atoms with van der Waals surface area (Å²) < 4.78 is 14.2. The molecule has 3 rings (SSSR count). The first kappa shape index (κ1) is 17.7. The van der Waals surface area contributed by atoms with E-state index in [9.17, 15) is 9.18 Å². The summed E-state index contributed by atoms with van der Waals surface area (Å²) in [6, 6.07) is 13.2. The number of hydrogen-bond donors (Lipinski definition) is 2. The summed E-state index contributed by atoms with van der Waals surface area (Å²) in [5, 5.41) is 7.92. The number of benzene rings is 2. The molecule has 126 valence electrons. The van der Waals surface area contributed by atoms with Crippen LogP contribution in [0, 0.1) is 5.82 Å². The number of nitrogens with one attached hydrogen (secondary N) is 2. The summed E-state index contributed by atoms with van der Waals surface area (Å²) in [5.74, 6) is -0.965. The molecule has 1 amide bonds. The maximum absolute atomic E-state index is 13.2. The number of thiazole rings is 1. The average molecular weight is 436 g/mol. The van der Waals surface area contributed by atoms with E-state index in [2.05, 4.69) is 31.5 Å². The number of halogens is 2. The van der Waals surface area contributed by atoms with E-state index in [1.54, 1.807) is 0 Å². The fraction of sp³-hybridized carbons (Fsp3) is 0. The number of thiocarbonyl (C=S) groups is 1.